The summed E-state index contributed by atoms with van der Waals surface area (Å²) in [5, 5.41) is 0. The number of hydrogen-bond acceptors (Lipinski definition) is 3. The van der Waals surface area contributed by atoms with Gasteiger partial charge in [0.2, 0.25) is 10.0 Å². The van der Waals surface area contributed by atoms with Gasteiger partial charge in [-0.15, -0.1) is 0 Å². The van der Waals surface area contributed by atoms with Gasteiger partial charge in [0.1, 0.15) is 5.75 Å². The second-order valence-corrected chi connectivity index (χ2v) is 6.71. The number of rotatable bonds is 9. The predicted molar refractivity (Wildman–Crippen MR) is 81.5 cm³/mol. The standard InChI is InChI=1S/C15H25NO3S/c1-4-6-7-13(5-2)12-16-20(17,18)15-10-8-14(19-3)9-11-15/h8-11,13,16H,4-7,12H2,1-3H3/t13-/m0/s1. The van der Waals surface area contributed by atoms with Crippen LogP contribution in [-0.2, 0) is 10.0 Å². The summed E-state index contributed by atoms with van der Waals surface area (Å²) in [6.45, 7) is 4.75. The maximum absolute atomic E-state index is 12.2. The van der Waals surface area contributed by atoms with Gasteiger partial charge in [-0.3, -0.25) is 0 Å². The minimum Gasteiger partial charge on any atom is -0.497 e. The van der Waals surface area contributed by atoms with Crippen LogP contribution in [0.4, 0.5) is 0 Å². The lowest BCUT2D eigenvalue weighted by atomic mass is 10.00. The third kappa shape index (κ3) is 5.13. The maximum atomic E-state index is 12.2. The van der Waals surface area contributed by atoms with E-state index in [-0.39, 0.29) is 4.90 Å². The highest BCUT2D eigenvalue weighted by atomic mass is 32.2. The van der Waals surface area contributed by atoms with Crippen LogP contribution in [0, 0.1) is 5.92 Å². The van der Waals surface area contributed by atoms with Crippen LogP contribution < -0.4 is 9.46 Å². The zero-order chi connectivity index (χ0) is 15.0. The molecular weight excluding hydrogens is 274 g/mol. The van der Waals surface area contributed by atoms with Crippen molar-refractivity contribution in [3.8, 4) is 5.75 Å². The van der Waals surface area contributed by atoms with Crippen molar-refractivity contribution in [1.82, 2.24) is 4.72 Å². The smallest absolute Gasteiger partial charge is 0.240 e. The van der Waals surface area contributed by atoms with E-state index in [0.717, 1.165) is 25.7 Å². The molecule has 1 aromatic rings. The average Bonchev–Trinajstić information content (AvgIpc) is 2.47. The second-order valence-electron chi connectivity index (χ2n) is 4.94. The van der Waals surface area contributed by atoms with Crippen molar-refractivity contribution in [2.75, 3.05) is 13.7 Å². The molecule has 1 rings (SSSR count). The molecule has 5 heteroatoms. The lowest BCUT2D eigenvalue weighted by Gasteiger charge is -2.15. The first-order valence-corrected chi connectivity index (χ1v) is 8.65. The summed E-state index contributed by atoms with van der Waals surface area (Å²) in [4.78, 5) is 0.281. The summed E-state index contributed by atoms with van der Waals surface area (Å²) in [5.41, 5.74) is 0. The number of hydrogen-bond donors (Lipinski definition) is 1. The molecule has 1 atom stereocenters. The Kier molecular flexibility index (Phi) is 7.02. The van der Waals surface area contributed by atoms with Crippen molar-refractivity contribution in [2.24, 2.45) is 5.92 Å². The van der Waals surface area contributed by atoms with Crippen LogP contribution in [0.3, 0.4) is 0 Å². The molecule has 0 fully saturated rings. The van der Waals surface area contributed by atoms with Crippen LogP contribution in [0.1, 0.15) is 39.5 Å². The summed E-state index contributed by atoms with van der Waals surface area (Å²) < 4.78 is 32.1. The summed E-state index contributed by atoms with van der Waals surface area (Å²) in [5.74, 6) is 1.06. The van der Waals surface area contributed by atoms with E-state index in [2.05, 4.69) is 18.6 Å². The SMILES string of the molecule is CCCC[C@H](CC)CNS(=O)(=O)c1ccc(OC)cc1. The Morgan fingerprint density at radius 1 is 1.20 bits per heavy atom. The molecule has 0 radical (unpaired) electrons. The molecular formula is C15H25NO3S. The van der Waals surface area contributed by atoms with Crippen LogP contribution in [0.5, 0.6) is 5.75 Å². The minimum atomic E-state index is -3.42. The van der Waals surface area contributed by atoms with Crippen LogP contribution in [0.15, 0.2) is 29.2 Å². The highest BCUT2D eigenvalue weighted by Gasteiger charge is 2.16. The van der Waals surface area contributed by atoms with E-state index < -0.39 is 10.0 Å². The molecule has 0 spiro atoms. The molecule has 0 aliphatic carbocycles. The largest absolute Gasteiger partial charge is 0.497 e. The van der Waals surface area contributed by atoms with Crippen molar-refractivity contribution in [2.45, 2.75) is 44.4 Å². The maximum Gasteiger partial charge on any atom is 0.240 e. The fourth-order valence-electron chi connectivity index (χ4n) is 2.01. The van der Waals surface area contributed by atoms with Gasteiger partial charge in [0, 0.05) is 6.54 Å². The molecule has 0 unspecified atom stereocenters. The lowest BCUT2D eigenvalue weighted by Crippen LogP contribution is -2.29. The Morgan fingerprint density at radius 3 is 2.35 bits per heavy atom. The Bertz CT molecular complexity index is 482. The van der Waals surface area contributed by atoms with Gasteiger partial charge in [0.15, 0.2) is 0 Å². The molecule has 20 heavy (non-hydrogen) atoms. The predicted octanol–water partition coefficient (Wildman–Crippen LogP) is 3.19. The molecule has 1 aromatic carbocycles. The topological polar surface area (TPSA) is 55.4 Å². The van der Waals surface area contributed by atoms with Crippen LogP contribution in [0.2, 0.25) is 0 Å². The number of sulfonamides is 1. The van der Waals surface area contributed by atoms with E-state index in [4.69, 9.17) is 4.74 Å². The van der Waals surface area contributed by atoms with E-state index in [9.17, 15) is 8.42 Å². The van der Waals surface area contributed by atoms with E-state index in [1.165, 1.54) is 0 Å². The van der Waals surface area contributed by atoms with Crippen LogP contribution in [0.25, 0.3) is 0 Å². The Labute approximate surface area is 122 Å². The summed E-state index contributed by atoms with van der Waals surface area (Å²) >= 11 is 0. The number of unbranched alkanes of at least 4 members (excludes halogenated alkanes) is 1. The van der Waals surface area contributed by atoms with Crippen LogP contribution >= 0.6 is 0 Å². The van der Waals surface area contributed by atoms with Crippen molar-refractivity contribution < 1.29 is 13.2 Å². The molecule has 0 bridgehead atoms. The van der Waals surface area contributed by atoms with E-state index in [1.54, 1.807) is 31.4 Å². The summed E-state index contributed by atoms with van der Waals surface area (Å²) in [6, 6.07) is 6.44. The third-order valence-electron chi connectivity index (χ3n) is 3.48. The van der Waals surface area contributed by atoms with Crippen molar-refractivity contribution in [3.05, 3.63) is 24.3 Å². The number of benzene rings is 1. The zero-order valence-electron chi connectivity index (χ0n) is 12.6. The Balaban J connectivity index is 2.63. The molecule has 0 aliphatic rings. The quantitative estimate of drug-likeness (QED) is 0.762. The average molecular weight is 299 g/mol. The summed E-state index contributed by atoms with van der Waals surface area (Å²) in [7, 11) is -1.86. The first kappa shape index (κ1) is 17.0. The minimum absolute atomic E-state index is 0.281. The molecule has 0 aliphatic heterocycles. The molecule has 0 heterocycles. The number of methoxy groups -OCH3 is 1. The lowest BCUT2D eigenvalue weighted by molar-refractivity contribution is 0.414. The molecule has 1 N–H and O–H groups in total. The molecule has 0 saturated heterocycles. The number of nitrogens with one attached hydrogen (secondary N) is 1. The third-order valence-corrected chi connectivity index (χ3v) is 4.91. The van der Waals surface area contributed by atoms with Crippen molar-refractivity contribution >= 4 is 10.0 Å². The fourth-order valence-corrected chi connectivity index (χ4v) is 3.13. The fraction of sp³-hybridized carbons (Fsp3) is 0.600. The van der Waals surface area contributed by atoms with Gasteiger partial charge in [-0.05, 0) is 36.6 Å². The number of ether oxygens (including phenoxy) is 1. The van der Waals surface area contributed by atoms with Gasteiger partial charge >= 0.3 is 0 Å². The normalized spacial score (nSPS) is 13.2. The first-order chi connectivity index (χ1) is 9.53. The van der Waals surface area contributed by atoms with Gasteiger partial charge in [-0.2, -0.15) is 0 Å². The Hall–Kier alpha value is -1.07. The summed E-state index contributed by atoms with van der Waals surface area (Å²) in [6.07, 6.45) is 4.34. The highest BCUT2D eigenvalue weighted by molar-refractivity contribution is 7.89. The van der Waals surface area contributed by atoms with Crippen molar-refractivity contribution in [3.63, 3.8) is 0 Å². The molecule has 0 saturated carbocycles. The molecule has 0 amide bonds. The Morgan fingerprint density at radius 2 is 1.85 bits per heavy atom. The molecule has 0 aromatic heterocycles. The monoisotopic (exact) mass is 299 g/mol. The highest BCUT2D eigenvalue weighted by Crippen LogP contribution is 2.17. The zero-order valence-corrected chi connectivity index (χ0v) is 13.4. The van der Waals surface area contributed by atoms with E-state index >= 15 is 0 Å². The van der Waals surface area contributed by atoms with Gasteiger partial charge in [-0.1, -0.05) is 33.1 Å². The second kappa shape index (κ2) is 8.27. The van der Waals surface area contributed by atoms with E-state index in [0.29, 0.717) is 18.2 Å². The van der Waals surface area contributed by atoms with Gasteiger partial charge in [0.05, 0.1) is 12.0 Å². The molecule has 4 nitrogen and oxygen atoms in total. The van der Waals surface area contributed by atoms with Crippen LogP contribution in [-0.4, -0.2) is 22.1 Å². The van der Waals surface area contributed by atoms with Gasteiger partial charge in [0.25, 0.3) is 0 Å². The van der Waals surface area contributed by atoms with Gasteiger partial charge in [-0.25, -0.2) is 13.1 Å². The molecule has 114 valence electrons. The van der Waals surface area contributed by atoms with Gasteiger partial charge < -0.3 is 4.74 Å². The van der Waals surface area contributed by atoms with Crippen molar-refractivity contribution in [1.29, 1.82) is 0 Å². The van der Waals surface area contributed by atoms with E-state index in [1.807, 2.05) is 0 Å². The first-order valence-electron chi connectivity index (χ1n) is 7.17.